The molecule has 0 aliphatic rings. The maximum atomic E-state index is 12.8. The number of nitrogen functional groups attached to an aromatic ring is 1. The molecule has 33 heavy (non-hydrogen) atoms. The van der Waals surface area contributed by atoms with Crippen molar-refractivity contribution in [2.75, 3.05) is 11.1 Å². The first-order valence-corrected chi connectivity index (χ1v) is 10.7. The van der Waals surface area contributed by atoms with Crippen LogP contribution in [-0.2, 0) is 24.4 Å². The molecular weight excluding hydrogens is 412 g/mol. The summed E-state index contributed by atoms with van der Waals surface area (Å²) in [6.45, 7) is 0.998. The molecule has 0 saturated heterocycles. The lowest BCUT2D eigenvalue weighted by molar-refractivity contribution is 0.0233. The molecule has 0 spiro atoms. The van der Waals surface area contributed by atoms with Crippen molar-refractivity contribution in [1.82, 2.24) is 10.5 Å². The standard InChI is InChI=1S/C27H26N4O2/c28-26-8-4-7-24(25(26)17-20-13-15-29-16-14-20)27(32)31-33-19-22-11-9-21(10-12-22)18-30-23-5-2-1-3-6-23/h1-16,30H,17-19,28H2,(H,31,32). The van der Waals surface area contributed by atoms with E-state index in [0.717, 1.165) is 34.5 Å². The second-order valence-corrected chi connectivity index (χ2v) is 7.66. The fourth-order valence-corrected chi connectivity index (χ4v) is 3.47. The first-order valence-electron chi connectivity index (χ1n) is 10.7. The molecule has 4 rings (SSSR count). The van der Waals surface area contributed by atoms with E-state index in [4.69, 9.17) is 10.6 Å². The van der Waals surface area contributed by atoms with Gasteiger partial charge in [-0.05, 0) is 58.7 Å². The van der Waals surface area contributed by atoms with Crippen LogP contribution in [0.1, 0.15) is 32.6 Å². The van der Waals surface area contributed by atoms with E-state index in [0.29, 0.717) is 17.7 Å². The molecule has 166 valence electrons. The van der Waals surface area contributed by atoms with E-state index < -0.39 is 0 Å². The van der Waals surface area contributed by atoms with Gasteiger partial charge in [-0.15, -0.1) is 0 Å². The van der Waals surface area contributed by atoms with Crippen molar-refractivity contribution >= 4 is 17.3 Å². The van der Waals surface area contributed by atoms with Gasteiger partial charge in [-0.3, -0.25) is 14.6 Å². The Morgan fingerprint density at radius 3 is 2.30 bits per heavy atom. The predicted octanol–water partition coefficient (Wildman–Crippen LogP) is 4.73. The highest BCUT2D eigenvalue weighted by atomic mass is 16.6. The minimum atomic E-state index is -0.324. The molecule has 0 aliphatic carbocycles. The van der Waals surface area contributed by atoms with E-state index in [1.807, 2.05) is 66.7 Å². The van der Waals surface area contributed by atoms with Gasteiger partial charge in [0, 0.05) is 42.3 Å². The van der Waals surface area contributed by atoms with Crippen LogP contribution in [0, 0.1) is 0 Å². The molecule has 4 aromatic rings. The summed E-state index contributed by atoms with van der Waals surface area (Å²) in [6.07, 6.45) is 3.98. The molecule has 3 aromatic carbocycles. The fourth-order valence-electron chi connectivity index (χ4n) is 3.47. The maximum absolute atomic E-state index is 12.8. The van der Waals surface area contributed by atoms with Crippen molar-refractivity contribution in [1.29, 1.82) is 0 Å². The Hall–Kier alpha value is -4.16. The van der Waals surface area contributed by atoms with Crippen LogP contribution >= 0.6 is 0 Å². The van der Waals surface area contributed by atoms with Gasteiger partial charge in [0.15, 0.2) is 0 Å². The third-order valence-electron chi connectivity index (χ3n) is 5.28. The van der Waals surface area contributed by atoms with E-state index >= 15 is 0 Å². The summed E-state index contributed by atoms with van der Waals surface area (Å²) in [6, 6.07) is 27.3. The Balaban J connectivity index is 1.31. The smallest absolute Gasteiger partial charge is 0.275 e. The lowest BCUT2D eigenvalue weighted by atomic mass is 9.98. The molecule has 0 bridgehead atoms. The van der Waals surface area contributed by atoms with E-state index in [9.17, 15) is 4.79 Å². The van der Waals surface area contributed by atoms with Gasteiger partial charge in [0.1, 0.15) is 0 Å². The number of anilines is 2. The molecule has 0 unspecified atom stereocenters. The molecule has 4 N–H and O–H groups in total. The Labute approximate surface area is 193 Å². The van der Waals surface area contributed by atoms with Crippen molar-refractivity contribution in [3.8, 4) is 0 Å². The zero-order valence-electron chi connectivity index (χ0n) is 18.2. The van der Waals surface area contributed by atoms with Crippen LogP contribution < -0.4 is 16.5 Å². The van der Waals surface area contributed by atoms with Crippen molar-refractivity contribution in [2.24, 2.45) is 0 Å². The summed E-state index contributed by atoms with van der Waals surface area (Å²) >= 11 is 0. The fraction of sp³-hybridized carbons (Fsp3) is 0.111. The van der Waals surface area contributed by atoms with E-state index in [1.54, 1.807) is 30.6 Å². The number of hydroxylamine groups is 1. The van der Waals surface area contributed by atoms with Crippen LogP contribution in [0.3, 0.4) is 0 Å². The molecule has 0 saturated carbocycles. The number of hydrogen-bond donors (Lipinski definition) is 3. The number of carbonyl (C=O) groups is 1. The van der Waals surface area contributed by atoms with Crippen molar-refractivity contribution < 1.29 is 9.63 Å². The Morgan fingerprint density at radius 1 is 0.818 bits per heavy atom. The van der Waals surface area contributed by atoms with Gasteiger partial charge < -0.3 is 11.1 Å². The molecule has 0 radical (unpaired) electrons. The number of aromatic nitrogens is 1. The number of para-hydroxylation sites is 1. The van der Waals surface area contributed by atoms with Crippen molar-refractivity contribution in [3.05, 3.63) is 125 Å². The second-order valence-electron chi connectivity index (χ2n) is 7.66. The topological polar surface area (TPSA) is 89.3 Å². The molecule has 1 aromatic heterocycles. The van der Waals surface area contributed by atoms with Crippen molar-refractivity contribution in [2.45, 2.75) is 19.6 Å². The zero-order chi connectivity index (χ0) is 22.9. The number of rotatable bonds is 9. The Bertz CT molecular complexity index is 1180. The second kappa shape index (κ2) is 10.9. The molecule has 6 nitrogen and oxygen atoms in total. The average molecular weight is 439 g/mol. The number of nitrogens with two attached hydrogens (primary N) is 1. The zero-order valence-corrected chi connectivity index (χ0v) is 18.2. The Morgan fingerprint density at radius 2 is 1.55 bits per heavy atom. The third-order valence-corrected chi connectivity index (χ3v) is 5.28. The number of hydrogen-bond acceptors (Lipinski definition) is 5. The number of benzene rings is 3. The molecule has 0 atom stereocenters. The summed E-state index contributed by atoms with van der Waals surface area (Å²) in [5.74, 6) is -0.324. The van der Waals surface area contributed by atoms with Crippen LogP contribution in [0.15, 0.2) is 97.3 Å². The van der Waals surface area contributed by atoms with Gasteiger partial charge in [-0.25, -0.2) is 5.48 Å². The highest BCUT2D eigenvalue weighted by Crippen LogP contribution is 2.21. The highest BCUT2D eigenvalue weighted by molar-refractivity contribution is 5.96. The van der Waals surface area contributed by atoms with E-state index in [-0.39, 0.29) is 12.5 Å². The Kier molecular flexibility index (Phi) is 7.30. The van der Waals surface area contributed by atoms with Gasteiger partial charge in [0.2, 0.25) is 0 Å². The number of carbonyl (C=O) groups excluding carboxylic acids is 1. The highest BCUT2D eigenvalue weighted by Gasteiger charge is 2.14. The molecular formula is C27H26N4O2. The lowest BCUT2D eigenvalue weighted by Gasteiger charge is -2.13. The summed E-state index contributed by atoms with van der Waals surface area (Å²) in [5, 5.41) is 3.38. The molecule has 0 fully saturated rings. The van der Waals surface area contributed by atoms with Gasteiger partial charge in [-0.2, -0.15) is 0 Å². The minimum absolute atomic E-state index is 0.264. The molecule has 0 aliphatic heterocycles. The van der Waals surface area contributed by atoms with Gasteiger partial charge in [0.05, 0.1) is 6.61 Å². The summed E-state index contributed by atoms with van der Waals surface area (Å²) < 4.78 is 0. The third kappa shape index (κ3) is 6.18. The summed E-state index contributed by atoms with van der Waals surface area (Å²) in [7, 11) is 0. The van der Waals surface area contributed by atoms with Gasteiger partial charge in [-0.1, -0.05) is 48.5 Å². The van der Waals surface area contributed by atoms with E-state index in [1.165, 1.54) is 0 Å². The number of nitrogens with zero attached hydrogens (tertiary/aromatic N) is 1. The first kappa shape index (κ1) is 22.0. The number of nitrogens with one attached hydrogen (secondary N) is 2. The number of pyridine rings is 1. The molecule has 1 heterocycles. The minimum Gasteiger partial charge on any atom is -0.398 e. The summed E-state index contributed by atoms with van der Waals surface area (Å²) in [4.78, 5) is 22.3. The summed E-state index contributed by atoms with van der Waals surface area (Å²) in [5.41, 5.74) is 14.8. The predicted molar refractivity (Wildman–Crippen MR) is 130 cm³/mol. The van der Waals surface area contributed by atoms with E-state index in [2.05, 4.69) is 15.8 Å². The maximum Gasteiger partial charge on any atom is 0.275 e. The SMILES string of the molecule is Nc1cccc(C(=O)NOCc2ccc(CNc3ccccc3)cc2)c1Cc1ccncc1. The van der Waals surface area contributed by atoms with Gasteiger partial charge >= 0.3 is 0 Å². The average Bonchev–Trinajstić information content (AvgIpc) is 2.86. The van der Waals surface area contributed by atoms with Crippen LogP contribution in [0.2, 0.25) is 0 Å². The lowest BCUT2D eigenvalue weighted by Crippen LogP contribution is -2.25. The van der Waals surface area contributed by atoms with Crippen molar-refractivity contribution in [3.63, 3.8) is 0 Å². The quantitative estimate of drug-likeness (QED) is 0.260. The van der Waals surface area contributed by atoms with Crippen LogP contribution in [0.4, 0.5) is 11.4 Å². The van der Waals surface area contributed by atoms with Crippen LogP contribution in [0.25, 0.3) is 0 Å². The van der Waals surface area contributed by atoms with Gasteiger partial charge in [0.25, 0.3) is 5.91 Å². The number of amides is 1. The van der Waals surface area contributed by atoms with Crippen LogP contribution in [0.5, 0.6) is 0 Å². The largest absolute Gasteiger partial charge is 0.398 e. The first-order chi connectivity index (χ1) is 16.2. The molecule has 6 heteroatoms. The molecule has 1 amide bonds. The monoisotopic (exact) mass is 438 g/mol. The van der Waals surface area contributed by atoms with Crippen LogP contribution in [-0.4, -0.2) is 10.9 Å². The normalized spacial score (nSPS) is 10.5.